The van der Waals surface area contributed by atoms with Crippen LogP contribution < -0.4 is 5.32 Å². The topological polar surface area (TPSA) is 63.2 Å². The lowest BCUT2D eigenvalue weighted by molar-refractivity contribution is -0.118. The molecular weight excluding hydrogens is 338 g/mol. The first kappa shape index (κ1) is 14.2. The molecule has 2 rings (SSSR count). The lowest BCUT2D eigenvalue weighted by Gasteiger charge is -2.22. The maximum Gasteiger partial charge on any atom is 0.153 e. The molecule has 0 aliphatic carbocycles. The molecule has 0 spiro atoms. The van der Waals surface area contributed by atoms with Crippen molar-refractivity contribution < 1.29 is 13.2 Å². The Hall–Kier alpha value is -0.240. The van der Waals surface area contributed by atoms with Gasteiger partial charge in [0.1, 0.15) is 5.78 Å². The van der Waals surface area contributed by atoms with E-state index in [-0.39, 0.29) is 29.8 Å². The van der Waals surface area contributed by atoms with Gasteiger partial charge in [-0.15, -0.1) is 11.3 Å². The maximum atomic E-state index is 11.9. The third kappa shape index (κ3) is 4.15. The second kappa shape index (κ2) is 5.81. The Morgan fingerprint density at radius 2 is 2.33 bits per heavy atom. The van der Waals surface area contributed by atoms with Crippen molar-refractivity contribution in [2.75, 3.05) is 18.1 Å². The second-order valence-electron chi connectivity index (χ2n) is 4.42. The summed E-state index contributed by atoms with van der Waals surface area (Å²) in [4.78, 5) is 12.9. The number of carbonyl (C=O) groups excluding carboxylic acids is 1. The van der Waals surface area contributed by atoms with Gasteiger partial charge in [0, 0.05) is 40.2 Å². The molecule has 0 saturated carbocycles. The smallest absolute Gasteiger partial charge is 0.153 e. The summed E-state index contributed by atoms with van der Waals surface area (Å²) in [7, 11) is -2.97. The van der Waals surface area contributed by atoms with Crippen LogP contribution in [0.25, 0.3) is 0 Å². The van der Waals surface area contributed by atoms with Crippen LogP contribution in [0, 0.1) is 0 Å². The number of rotatable bonds is 4. The van der Waals surface area contributed by atoms with Crippen molar-refractivity contribution in [2.24, 2.45) is 0 Å². The molecular formula is C11H14BrNO3S2. The van der Waals surface area contributed by atoms with E-state index in [0.29, 0.717) is 13.0 Å². The molecule has 1 aliphatic rings. The summed E-state index contributed by atoms with van der Waals surface area (Å²) in [5.41, 5.74) is 0. The maximum absolute atomic E-state index is 11.9. The molecule has 7 heteroatoms. The van der Waals surface area contributed by atoms with E-state index in [1.165, 1.54) is 11.3 Å². The number of thiophene rings is 1. The van der Waals surface area contributed by atoms with E-state index in [0.717, 1.165) is 9.35 Å². The lowest BCUT2D eigenvalue weighted by atomic mass is 10.1. The van der Waals surface area contributed by atoms with Crippen LogP contribution in [-0.4, -0.2) is 38.3 Å². The quantitative estimate of drug-likeness (QED) is 0.890. The zero-order valence-corrected chi connectivity index (χ0v) is 12.9. The van der Waals surface area contributed by atoms with Gasteiger partial charge in [0.05, 0.1) is 11.5 Å². The van der Waals surface area contributed by atoms with Crippen LogP contribution in [-0.2, 0) is 21.1 Å². The highest BCUT2D eigenvalue weighted by molar-refractivity contribution is 9.10. The van der Waals surface area contributed by atoms with E-state index in [1.807, 2.05) is 11.4 Å². The molecule has 1 unspecified atom stereocenters. The number of hydrogen-bond donors (Lipinski definition) is 1. The average molecular weight is 352 g/mol. The number of ketones is 1. The Labute approximate surface area is 119 Å². The molecule has 0 radical (unpaired) electrons. The van der Waals surface area contributed by atoms with Crippen LogP contribution in [0.3, 0.4) is 0 Å². The highest BCUT2D eigenvalue weighted by Gasteiger charge is 2.25. The molecule has 0 aromatic carbocycles. The van der Waals surface area contributed by atoms with Gasteiger partial charge < -0.3 is 5.32 Å². The van der Waals surface area contributed by atoms with E-state index in [9.17, 15) is 13.2 Å². The zero-order valence-electron chi connectivity index (χ0n) is 9.69. The Bertz CT molecular complexity index is 538. The summed E-state index contributed by atoms with van der Waals surface area (Å²) in [6, 6.07) is 1.70. The molecule has 0 amide bonds. The Kier molecular flexibility index (Phi) is 4.58. The van der Waals surface area contributed by atoms with Gasteiger partial charge in [-0.05, 0) is 22.0 Å². The fourth-order valence-corrected chi connectivity index (χ4v) is 4.91. The van der Waals surface area contributed by atoms with Crippen molar-refractivity contribution in [1.29, 1.82) is 0 Å². The fraction of sp³-hybridized carbons (Fsp3) is 0.545. The van der Waals surface area contributed by atoms with Gasteiger partial charge >= 0.3 is 0 Å². The fourth-order valence-electron chi connectivity index (χ4n) is 1.99. The molecule has 0 bridgehead atoms. The number of halogens is 1. The van der Waals surface area contributed by atoms with Crippen molar-refractivity contribution in [3.63, 3.8) is 0 Å². The molecule has 1 N–H and O–H groups in total. The average Bonchev–Trinajstić information content (AvgIpc) is 2.62. The predicted octanol–water partition coefficient (Wildman–Crippen LogP) is 1.40. The summed E-state index contributed by atoms with van der Waals surface area (Å²) in [5, 5.41) is 5.03. The van der Waals surface area contributed by atoms with Gasteiger partial charge in [-0.2, -0.15) is 0 Å². The lowest BCUT2D eigenvalue weighted by Crippen LogP contribution is -2.46. The highest BCUT2D eigenvalue weighted by atomic mass is 79.9. The van der Waals surface area contributed by atoms with E-state index in [2.05, 4.69) is 21.2 Å². The molecule has 1 fully saturated rings. The third-order valence-electron chi connectivity index (χ3n) is 2.77. The molecule has 18 heavy (non-hydrogen) atoms. The number of nitrogens with one attached hydrogen (secondary N) is 1. The SMILES string of the molecule is O=C(Cc1cc(Br)cs1)CC1CS(=O)(=O)CCN1. The third-order valence-corrected chi connectivity index (χ3v) is 6.20. The molecule has 1 aliphatic heterocycles. The van der Waals surface area contributed by atoms with Crippen LogP contribution in [0.15, 0.2) is 15.9 Å². The normalized spacial score (nSPS) is 22.8. The van der Waals surface area contributed by atoms with Gasteiger partial charge in [-0.25, -0.2) is 8.42 Å². The molecule has 1 aromatic heterocycles. The summed E-state index contributed by atoms with van der Waals surface area (Å²) < 4.78 is 23.9. The molecule has 100 valence electrons. The highest BCUT2D eigenvalue weighted by Crippen LogP contribution is 2.21. The van der Waals surface area contributed by atoms with Crippen molar-refractivity contribution in [1.82, 2.24) is 5.32 Å². The summed E-state index contributed by atoms with van der Waals surface area (Å²) in [5.74, 6) is 0.335. The monoisotopic (exact) mass is 351 g/mol. The van der Waals surface area contributed by atoms with E-state index in [1.54, 1.807) is 0 Å². The molecule has 2 heterocycles. The summed E-state index contributed by atoms with van der Waals surface area (Å²) in [6.07, 6.45) is 0.670. The van der Waals surface area contributed by atoms with Crippen LogP contribution in [0.2, 0.25) is 0 Å². The van der Waals surface area contributed by atoms with E-state index in [4.69, 9.17) is 0 Å². The van der Waals surface area contributed by atoms with E-state index >= 15 is 0 Å². The van der Waals surface area contributed by atoms with Crippen LogP contribution in [0.5, 0.6) is 0 Å². The molecule has 1 saturated heterocycles. The Balaban J connectivity index is 1.88. The standard InChI is InChI=1S/C11H14BrNO3S2/c12-8-3-11(17-6-8)5-10(14)4-9-7-18(15,16)2-1-13-9/h3,6,9,13H,1-2,4-5,7H2. The Morgan fingerprint density at radius 1 is 1.56 bits per heavy atom. The molecule has 4 nitrogen and oxygen atoms in total. The zero-order chi connectivity index (χ0) is 13.2. The minimum Gasteiger partial charge on any atom is -0.312 e. The van der Waals surface area contributed by atoms with Gasteiger partial charge in [0.25, 0.3) is 0 Å². The molecule has 1 atom stereocenters. The van der Waals surface area contributed by atoms with Gasteiger partial charge in [-0.3, -0.25) is 4.79 Å². The van der Waals surface area contributed by atoms with Crippen molar-refractivity contribution in [3.05, 3.63) is 20.8 Å². The van der Waals surface area contributed by atoms with Crippen LogP contribution in [0.1, 0.15) is 11.3 Å². The number of Topliss-reactive ketones (excluding diaryl/α,β-unsaturated/α-hetero) is 1. The predicted molar refractivity (Wildman–Crippen MR) is 75.8 cm³/mol. The number of carbonyl (C=O) groups is 1. The minimum absolute atomic E-state index is 0.0763. The summed E-state index contributed by atoms with van der Waals surface area (Å²) >= 11 is 4.88. The van der Waals surface area contributed by atoms with Crippen molar-refractivity contribution in [2.45, 2.75) is 18.9 Å². The largest absolute Gasteiger partial charge is 0.312 e. The summed E-state index contributed by atoms with van der Waals surface area (Å²) in [6.45, 7) is 0.449. The Morgan fingerprint density at radius 3 is 2.94 bits per heavy atom. The van der Waals surface area contributed by atoms with Gasteiger partial charge in [0.2, 0.25) is 0 Å². The number of hydrogen-bond acceptors (Lipinski definition) is 5. The second-order valence-corrected chi connectivity index (χ2v) is 8.56. The van der Waals surface area contributed by atoms with Crippen LogP contribution in [0.4, 0.5) is 0 Å². The van der Waals surface area contributed by atoms with Gasteiger partial charge in [0.15, 0.2) is 9.84 Å². The van der Waals surface area contributed by atoms with Gasteiger partial charge in [-0.1, -0.05) is 0 Å². The first-order valence-electron chi connectivity index (χ1n) is 5.63. The molecule has 1 aromatic rings. The van der Waals surface area contributed by atoms with Crippen molar-refractivity contribution >= 4 is 42.9 Å². The van der Waals surface area contributed by atoms with Crippen molar-refractivity contribution in [3.8, 4) is 0 Å². The first-order chi connectivity index (χ1) is 8.44. The minimum atomic E-state index is -2.97. The van der Waals surface area contributed by atoms with E-state index < -0.39 is 9.84 Å². The van der Waals surface area contributed by atoms with Crippen LogP contribution >= 0.6 is 27.3 Å². The number of sulfone groups is 1. The first-order valence-corrected chi connectivity index (χ1v) is 9.12.